The van der Waals surface area contributed by atoms with Gasteiger partial charge in [-0.25, -0.2) is 0 Å². The largest absolute Gasteiger partial charge is 0.380 e. The van der Waals surface area contributed by atoms with Crippen LogP contribution in [0.3, 0.4) is 0 Å². The first-order chi connectivity index (χ1) is 5.20. The van der Waals surface area contributed by atoms with Crippen molar-refractivity contribution in [1.82, 2.24) is 5.43 Å². The second kappa shape index (κ2) is 6.58. The standard InChI is InChI=1S/C8H20N2O/c1-4-11-6-8(10-9)5-7(2)3/h7-8,10H,4-6,9H2,1-3H3. The van der Waals surface area contributed by atoms with Crippen molar-refractivity contribution in [3.63, 3.8) is 0 Å². The molecule has 0 radical (unpaired) electrons. The highest BCUT2D eigenvalue weighted by atomic mass is 16.5. The summed E-state index contributed by atoms with van der Waals surface area (Å²) in [5.74, 6) is 6.00. The van der Waals surface area contributed by atoms with E-state index in [1.807, 2.05) is 6.92 Å². The van der Waals surface area contributed by atoms with E-state index < -0.39 is 0 Å². The molecule has 3 heteroatoms. The number of hydrogen-bond acceptors (Lipinski definition) is 3. The maximum absolute atomic E-state index is 5.33. The van der Waals surface area contributed by atoms with Gasteiger partial charge in [0.05, 0.1) is 6.61 Å². The second-order valence-electron chi connectivity index (χ2n) is 3.15. The molecule has 0 heterocycles. The Labute approximate surface area is 69.3 Å². The highest BCUT2D eigenvalue weighted by molar-refractivity contribution is 4.63. The molecule has 0 saturated carbocycles. The van der Waals surface area contributed by atoms with Gasteiger partial charge >= 0.3 is 0 Å². The molecule has 0 aliphatic heterocycles. The maximum atomic E-state index is 5.33. The van der Waals surface area contributed by atoms with Gasteiger partial charge in [-0.05, 0) is 19.3 Å². The van der Waals surface area contributed by atoms with Gasteiger partial charge in [-0.3, -0.25) is 11.3 Å². The van der Waals surface area contributed by atoms with Crippen LogP contribution in [0.2, 0.25) is 0 Å². The molecule has 0 aromatic rings. The number of nitrogens with one attached hydrogen (secondary N) is 1. The van der Waals surface area contributed by atoms with E-state index in [9.17, 15) is 0 Å². The van der Waals surface area contributed by atoms with Crippen LogP contribution in [0.4, 0.5) is 0 Å². The Bertz CT molecular complexity index is 86.2. The molecule has 1 atom stereocenters. The molecule has 0 aliphatic carbocycles. The monoisotopic (exact) mass is 160 g/mol. The SMILES string of the molecule is CCOCC(CC(C)C)NN. The van der Waals surface area contributed by atoms with Crippen molar-refractivity contribution in [3.05, 3.63) is 0 Å². The quantitative estimate of drug-likeness (QED) is 0.448. The predicted octanol–water partition coefficient (Wildman–Crippen LogP) is 0.901. The van der Waals surface area contributed by atoms with Crippen molar-refractivity contribution in [3.8, 4) is 0 Å². The van der Waals surface area contributed by atoms with Gasteiger partial charge in [0.1, 0.15) is 0 Å². The van der Waals surface area contributed by atoms with Crippen molar-refractivity contribution < 1.29 is 4.74 Å². The average Bonchev–Trinajstić information content (AvgIpc) is 1.97. The van der Waals surface area contributed by atoms with Crippen LogP contribution in [-0.2, 0) is 4.74 Å². The van der Waals surface area contributed by atoms with Crippen LogP contribution < -0.4 is 11.3 Å². The Kier molecular flexibility index (Phi) is 6.51. The Hall–Kier alpha value is -0.120. The van der Waals surface area contributed by atoms with E-state index in [1.165, 1.54) is 0 Å². The van der Waals surface area contributed by atoms with Gasteiger partial charge in [0, 0.05) is 12.6 Å². The zero-order chi connectivity index (χ0) is 8.69. The van der Waals surface area contributed by atoms with Crippen molar-refractivity contribution in [2.45, 2.75) is 33.2 Å². The van der Waals surface area contributed by atoms with E-state index in [-0.39, 0.29) is 0 Å². The molecule has 0 bridgehead atoms. The lowest BCUT2D eigenvalue weighted by molar-refractivity contribution is 0.116. The topological polar surface area (TPSA) is 47.3 Å². The summed E-state index contributed by atoms with van der Waals surface area (Å²) in [6.07, 6.45) is 1.07. The fraction of sp³-hybridized carbons (Fsp3) is 1.00. The minimum absolute atomic E-state index is 0.301. The van der Waals surface area contributed by atoms with Gasteiger partial charge in [0.25, 0.3) is 0 Å². The second-order valence-corrected chi connectivity index (χ2v) is 3.15. The van der Waals surface area contributed by atoms with Gasteiger partial charge in [-0.15, -0.1) is 0 Å². The normalized spacial score (nSPS) is 13.9. The summed E-state index contributed by atoms with van der Waals surface area (Å²) in [4.78, 5) is 0. The molecule has 0 fully saturated rings. The number of hydrazine groups is 1. The van der Waals surface area contributed by atoms with Crippen molar-refractivity contribution >= 4 is 0 Å². The minimum Gasteiger partial charge on any atom is -0.380 e. The lowest BCUT2D eigenvalue weighted by Gasteiger charge is -2.17. The van der Waals surface area contributed by atoms with E-state index >= 15 is 0 Å². The molecule has 0 spiro atoms. The van der Waals surface area contributed by atoms with Crippen LogP contribution in [-0.4, -0.2) is 19.3 Å². The van der Waals surface area contributed by atoms with E-state index in [1.54, 1.807) is 0 Å². The molecule has 3 nitrogen and oxygen atoms in total. The summed E-state index contributed by atoms with van der Waals surface area (Å²) >= 11 is 0. The fourth-order valence-corrected chi connectivity index (χ4v) is 1.01. The molecular formula is C8H20N2O. The molecule has 0 amide bonds. The maximum Gasteiger partial charge on any atom is 0.0633 e. The van der Waals surface area contributed by atoms with Gasteiger partial charge in [0.15, 0.2) is 0 Å². The highest BCUT2D eigenvalue weighted by Gasteiger charge is 2.07. The molecule has 0 aromatic carbocycles. The van der Waals surface area contributed by atoms with Crippen molar-refractivity contribution in [1.29, 1.82) is 0 Å². The van der Waals surface area contributed by atoms with E-state index in [2.05, 4.69) is 19.3 Å². The Morgan fingerprint density at radius 1 is 1.45 bits per heavy atom. The number of nitrogens with two attached hydrogens (primary N) is 1. The summed E-state index contributed by atoms with van der Waals surface area (Å²) in [6, 6.07) is 0.301. The Morgan fingerprint density at radius 2 is 2.09 bits per heavy atom. The first-order valence-electron chi connectivity index (χ1n) is 4.24. The molecule has 11 heavy (non-hydrogen) atoms. The van der Waals surface area contributed by atoms with Crippen LogP contribution in [0, 0.1) is 5.92 Å². The zero-order valence-corrected chi connectivity index (χ0v) is 7.76. The van der Waals surface area contributed by atoms with Crippen LogP contribution in [0.1, 0.15) is 27.2 Å². The minimum atomic E-state index is 0.301. The van der Waals surface area contributed by atoms with Crippen LogP contribution in [0.15, 0.2) is 0 Å². The molecule has 0 aromatic heterocycles. The van der Waals surface area contributed by atoms with E-state index in [0.717, 1.165) is 13.0 Å². The number of ether oxygens (including phenoxy) is 1. The molecule has 0 rings (SSSR count). The third-order valence-electron chi connectivity index (χ3n) is 1.51. The van der Waals surface area contributed by atoms with Gasteiger partial charge in [-0.2, -0.15) is 0 Å². The summed E-state index contributed by atoms with van der Waals surface area (Å²) in [5, 5.41) is 0. The van der Waals surface area contributed by atoms with E-state index in [0.29, 0.717) is 18.6 Å². The first-order valence-corrected chi connectivity index (χ1v) is 4.24. The Morgan fingerprint density at radius 3 is 2.45 bits per heavy atom. The molecule has 1 unspecified atom stereocenters. The molecular weight excluding hydrogens is 140 g/mol. The van der Waals surface area contributed by atoms with Crippen LogP contribution in [0.5, 0.6) is 0 Å². The summed E-state index contributed by atoms with van der Waals surface area (Å²) in [6.45, 7) is 7.82. The smallest absolute Gasteiger partial charge is 0.0633 e. The molecule has 0 saturated heterocycles. The van der Waals surface area contributed by atoms with E-state index in [4.69, 9.17) is 10.6 Å². The van der Waals surface area contributed by atoms with Crippen LogP contribution in [0.25, 0.3) is 0 Å². The molecule has 68 valence electrons. The fourth-order valence-electron chi connectivity index (χ4n) is 1.01. The Balaban J connectivity index is 3.41. The van der Waals surface area contributed by atoms with Crippen LogP contribution >= 0.6 is 0 Å². The van der Waals surface area contributed by atoms with Gasteiger partial charge in [-0.1, -0.05) is 13.8 Å². The number of hydrogen-bond donors (Lipinski definition) is 2. The van der Waals surface area contributed by atoms with Crippen molar-refractivity contribution in [2.24, 2.45) is 11.8 Å². The molecule has 3 N–H and O–H groups in total. The predicted molar refractivity (Wildman–Crippen MR) is 47.1 cm³/mol. The highest BCUT2D eigenvalue weighted by Crippen LogP contribution is 2.03. The lowest BCUT2D eigenvalue weighted by atomic mass is 10.1. The third-order valence-corrected chi connectivity index (χ3v) is 1.51. The lowest BCUT2D eigenvalue weighted by Crippen LogP contribution is -2.39. The van der Waals surface area contributed by atoms with Gasteiger partial charge < -0.3 is 4.74 Å². The summed E-state index contributed by atoms with van der Waals surface area (Å²) in [5.41, 5.74) is 2.74. The summed E-state index contributed by atoms with van der Waals surface area (Å²) in [7, 11) is 0. The average molecular weight is 160 g/mol. The number of rotatable bonds is 6. The molecule has 0 aliphatic rings. The van der Waals surface area contributed by atoms with Crippen molar-refractivity contribution in [2.75, 3.05) is 13.2 Å². The third kappa shape index (κ3) is 6.28. The summed E-state index contributed by atoms with van der Waals surface area (Å²) < 4.78 is 5.24. The first kappa shape index (κ1) is 10.9. The van der Waals surface area contributed by atoms with Gasteiger partial charge in [0.2, 0.25) is 0 Å². The zero-order valence-electron chi connectivity index (χ0n) is 7.76.